The summed E-state index contributed by atoms with van der Waals surface area (Å²) in [6.45, 7) is 38.1. The number of hydrogen-bond acceptors (Lipinski definition) is 8. The van der Waals surface area contributed by atoms with Gasteiger partial charge in [0.25, 0.3) is 0 Å². The first-order valence-corrected chi connectivity index (χ1v) is 24.4. The lowest BCUT2D eigenvalue weighted by Crippen LogP contribution is -2.36. The van der Waals surface area contributed by atoms with Crippen LogP contribution in [-0.2, 0) is 22.6 Å². The van der Waals surface area contributed by atoms with E-state index in [1.807, 2.05) is 66.7 Å². The van der Waals surface area contributed by atoms with Crippen molar-refractivity contribution in [2.45, 2.75) is 180 Å². The number of nitrogen functional groups attached to an aromatic ring is 1. The number of piperidine rings is 1. The van der Waals surface area contributed by atoms with E-state index in [2.05, 4.69) is 106 Å². The highest BCUT2D eigenvalue weighted by molar-refractivity contribution is 7.28. The zero-order valence-corrected chi connectivity index (χ0v) is 44.7. The van der Waals surface area contributed by atoms with Crippen molar-refractivity contribution in [3.05, 3.63) is 76.4 Å². The quantitative estimate of drug-likeness (QED) is 0.0418. The van der Waals surface area contributed by atoms with E-state index < -0.39 is 5.31 Å². The Bertz CT molecular complexity index is 1940. The van der Waals surface area contributed by atoms with E-state index in [1.54, 1.807) is 6.92 Å². The Balaban J connectivity index is -0.00000117. The highest BCUT2D eigenvalue weighted by atomic mass is 31.0. The van der Waals surface area contributed by atoms with Crippen LogP contribution < -0.4 is 11.0 Å². The van der Waals surface area contributed by atoms with E-state index in [0.717, 1.165) is 96.1 Å². The summed E-state index contributed by atoms with van der Waals surface area (Å²) in [4.78, 5) is 47.0. The molecule has 1 saturated heterocycles. The molecule has 358 valence electrons. The Hall–Kier alpha value is -4.43. The van der Waals surface area contributed by atoms with E-state index in [1.165, 1.54) is 18.2 Å². The molecule has 1 fully saturated rings. The standard InChI is InChI=1S/C32H45N4OP.C9H15BO2.C8H13N.2C2H6.C2H2/c1-8-21(7)30(37)25-13-14-26(31(38)24(25)10-3)29-15-12-23(32(33)35-29)19-36-17-16-28(22(9-2)18-36)34-27(11-4)20(5)6;1-4-8(12)5-6-9(3,10)7(2)11;1-4-7(2)5-8(3)6-9;3*1-2/h9,12-15,21,27H,5,8,10-11,16-19,38H2,1-4,6-7H3,(H2,33,35);4-6H2,1-3H3;5,7H,4H2,1-3H3;2*1-2H3;1-2H/b22-9-,34-28?;;8-5+;;;/t21-,27-;9-;7-;;;/m111.../s1. The highest BCUT2D eigenvalue weighted by Crippen LogP contribution is 2.29. The summed E-state index contributed by atoms with van der Waals surface area (Å²) in [7, 11) is 8.50. The summed E-state index contributed by atoms with van der Waals surface area (Å²) in [6.07, 6.45) is 18.2. The Labute approximate surface area is 401 Å². The van der Waals surface area contributed by atoms with Crippen molar-refractivity contribution in [3.8, 4) is 30.2 Å². The second-order valence-electron chi connectivity index (χ2n) is 16.2. The van der Waals surface area contributed by atoms with E-state index in [-0.39, 0.29) is 29.3 Å². The van der Waals surface area contributed by atoms with Crippen LogP contribution in [0.4, 0.5) is 5.82 Å². The SMILES string of the molecule is C#C.C=C(C)[C@@H](CC)N=C1CCN(Cc2ccc(-c3ccc(C(=O)[C@H](C)CC)c(CC)c3P)nc2N)C/C1=C/C.CC.CC.CC[C@@H](C)/C=C(\C)C#N.[B][C@](C)(CCC(=O)CC)C(C)=O. The van der Waals surface area contributed by atoms with Crippen LogP contribution in [-0.4, -0.2) is 59.9 Å². The lowest BCUT2D eigenvalue weighted by molar-refractivity contribution is -0.121. The van der Waals surface area contributed by atoms with Gasteiger partial charge in [-0.05, 0) is 87.1 Å². The molecule has 0 aliphatic carbocycles. The van der Waals surface area contributed by atoms with Crippen LogP contribution in [0.1, 0.15) is 177 Å². The van der Waals surface area contributed by atoms with Crippen molar-refractivity contribution < 1.29 is 14.4 Å². The first-order chi connectivity index (χ1) is 30.7. The molecule has 0 amide bonds. The van der Waals surface area contributed by atoms with Gasteiger partial charge >= 0.3 is 0 Å². The Kier molecular flexibility index (Phi) is 35.7. The van der Waals surface area contributed by atoms with Crippen molar-refractivity contribution in [1.29, 1.82) is 5.26 Å². The second-order valence-corrected chi connectivity index (χ2v) is 16.7. The molecule has 2 N–H and O–H groups in total. The number of nitrogens with two attached hydrogens (primary N) is 1. The number of carbonyl (C=O) groups is 3. The molecule has 0 bridgehead atoms. The number of Topliss-reactive ketones (excluding diaryl/α,β-unsaturated/α-hetero) is 3. The van der Waals surface area contributed by atoms with Crippen molar-refractivity contribution >= 4 is 51.3 Å². The van der Waals surface area contributed by atoms with E-state index in [9.17, 15) is 14.4 Å². The molecule has 5 atom stereocenters. The average molecular weight is 908 g/mol. The summed E-state index contributed by atoms with van der Waals surface area (Å²) in [5.74, 6) is 1.42. The molecule has 10 heteroatoms. The number of carbonyl (C=O) groups excluding carboxylic acids is 3. The number of nitrogens with zero attached hydrogens (tertiary/aromatic N) is 4. The highest BCUT2D eigenvalue weighted by Gasteiger charge is 2.24. The van der Waals surface area contributed by atoms with Crippen LogP contribution in [0, 0.1) is 36.0 Å². The summed E-state index contributed by atoms with van der Waals surface area (Å²) in [6, 6.07) is 10.4. The number of hydrogen-bond donors (Lipinski definition) is 1. The van der Waals surface area contributed by atoms with Crippen LogP contribution in [0.2, 0.25) is 5.31 Å². The molecule has 1 aromatic carbocycles. The number of nitriles is 1. The maximum absolute atomic E-state index is 12.9. The van der Waals surface area contributed by atoms with Crippen LogP contribution >= 0.6 is 9.24 Å². The molecule has 1 aromatic heterocycles. The number of rotatable bonds is 17. The van der Waals surface area contributed by atoms with Crippen molar-refractivity contribution in [2.24, 2.45) is 16.8 Å². The monoisotopic (exact) mass is 908 g/mol. The lowest BCUT2D eigenvalue weighted by Gasteiger charge is -2.31. The van der Waals surface area contributed by atoms with Gasteiger partial charge < -0.3 is 10.5 Å². The maximum atomic E-state index is 12.9. The zero-order chi connectivity index (χ0) is 51.0. The lowest BCUT2D eigenvalue weighted by atomic mass is 9.65. The third-order valence-electron chi connectivity index (χ3n) is 11.2. The van der Waals surface area contributed by atoms with E-state index >= 15 is 0 Å². The van der Waals surface area contributed by atoms with Gasteiger partial charge in [0.2, 0.25) is 0 Å². The number of anilines is 1. The predicted molar refractivity (Wildman–Crippen MR) is 287 cm³/mol. The molecule has 1 aliphatic heterocycles. The molecule has 0 saturated carbocycles. The van der Waals surface area contributed by atoms with Gasteiger partial charge in [-0.3, -0.25) is 19.5 Å². The number of pyridine rings is 1. The van der Waals surface area contributed by atoms with Gasteiger partial charge in [-0.2, -0.15) is 5.26 Å². The maximum Gasteiger partial charge on any atom is 0.165 e. The second kappa shape index (κ2) is 35.8. The van der Waals surface area contributed by atoms with Gasteiger partial charge in [0.15, 0.2) is 5.78 Å². The van der Waals surface area contributed by atoms with Crippen LogP contribution in [0.15, 0.2) is 64.7 Å². The molecule has 2 heterocycles. The van der Waals surface area contributed by atoms with Crippen molar-refractivity contribution in [1.82, 2.24) is 9.88 Å². The van der Waals surface area contributed by atoms with Crippen LogP contribution in [0.25, 0.3) is 11.3 Å². The molecule has 0 spiro atoms. The molecule has 65 heavy (non-hydrogen) atoms. The summed E-state index contributed by atoms with van der Waals surface area (Å²) in [5.41, 5.74) is 15.7. The van der Waals surface area contributed by atoms with Crippen LogP contribution in [0.3, 0.4) is 0 Å². The third-order valence-corrected chi connectivity index (χ3v) is 11.9. The molecule has 3 rings (SSSR count). The van der Waals surface area contributed by atoms with Crippen molar-refractivity contribution in [3.63, 3.8) is 0 Å². The Morgan fingerprint density at radius 1 is 1.03 bits per heavy atom. The zero-order valence-electron chi connectivity index (χ0n) is 43.6. The topological polar surface area (TPSA) is 130 Å². The van der Waals surface area contributed by atoms with Gasteiger partial charge in [-0.1, -0.05) is 132 Å². The summed E-state index contributed by atoms with van der Waals surface area (Å²) in [5, 5.41) is 8.56. The van der Waals surface area contributed by atoms with E-state index in [0.29, 0.717) is 31.0 Å². The number of aromatic nitrogens is 1. The first-order valence-electron chi connectivity index (χ1n) is 23.8. The minimum absolute atomic E-state index is 0.0167. The fourth-order valence-corrected chi connectivity index (χ4v) is 7.03. The predicted octanol–water partition coefficient (Wildman–Crippen LogP) is 13.1. The number of likely N-dealkylation sites (tertiary alicyclic amines) is 1. The Morgan fingerprint density at radius 2 is 1.63 bits per heavy atom. The molecule has 1 unspecified atom stereocenters. The van der Waals surface area contributed by atoms with Gasteiger partial charge in [0, 0.05) is 72.8 Å². The molecule has 8 nitrogen and oxygen atoms in total. The molecule has 2 radical (unpaired) electrons. The number of allylic oxidation sites excluding steroid dienone is 3. The third kappa shape index (κ3) is 23.0. The largest absolute Gasteiger partial charge is 0.383 e. The van der Waals surface area contributed by atoms with Gasteiger partial charge in [-0.15, -0.1) is 22.1 Å². The minimum Gasteiger partial charge on any atom is -0.383 e. The van der Waals surface area contributed by atoms with Gasteiger partial charge in [0.05, 0.1) is 25.7 Å². The first kappa shape index (κ1) is 64.9. The smallest absolute Gasteiger partial charge is 0.165 e. The van der Waals surface area contributed by atoms with E-state index in [4.69, 9.17) is 28.8 Å². The van der Waals surface area contributed by atoms with Crippen molar-refractivity contribution in [2.75, 3.05) is 18.8 Å². The minimum atomic E-state index is -0.829. The van der Waals surface area contributed by atoms with Gasteiger partial charge in [-0.25, -0.2) is 4.98 Å². The fourth-order valence-electron chi connectivity index (χ4n) is 6.43. The number of benzene rings is 1. The normalized spacial score (nSPS) is 15.6. The molecular weight excluding hydrogens is 820 g/mol. The molecule has 1 aliphatic rings. The fraction of sp³-hybridized carbons (Fsp3) is 0.564. The molecule has 2 aromatic rings. The van der Waals surface area contributed by atoms with Gasteiger partial charge in [0.1, 0.15) is 17.4 Å². The number of aliphatic imine (C=N–C) groups is 1. The Morgan fingerprint density at radius 3 is 2.08 bits per heavy atom. The number of ketones is 3. The summed E-state index contributed by atoms with van der Waals surface area (Å²) >= 11 is 0. The van der Waals surface area contributed by atoms with Crippen LogP contribution in [0.5, 0.6) is 0 Å². The molecular formula is C55H87BN5O3P. The number of terminal acetylenes is 1. The average Bonchev–Trinajstić information content (AvgIpc) is 3.32. The summed E-state index contributed by atoms with van der Waals surface area (Å²) < 4.78 is 0.